The molecule has 0 saturated heterocycles. The summed E-state index contributed by atoms with van der Waals surface area (Å²) < 4.78 is 11.7. The predicted molar refractivity (Wildman–Crippen MR) is 110 cm³/mol. The average molecular weight is 393 g/mol. The number of nitrogens with zero attached hydrogens (tertiary/aromatic N) is 2. The number of benzene rings is 2. The van der Waals surface area contributed by atoms with Crippen LogP contribution in [0.2, 0.25) is 0 Å². The molecule has 1 aromatic heterocycles. The minimum absolute atomic E-state index is 0.128. The molecule has 3 aromatic rings. The summed E-state index contributed by atoms with van der Waals surface area (Å²) in [4.78, 5) is 29.5. The van der Waals surface area contributed by atoms with Gasteiger partial charge in [-0.15, -0.1) is 0 Å². The molecule has 1 amide bonds. The summed E-state index contributed by atoms with van der Waals surface area (Å²) in [5.74, 6) is 1.58. The minimum atomic E-state index is -0.282. The van der Waals surface area contributed by atoms with Crippen molar-refractivity contribution in [3.63, 3.8) is 0 Å². The van der Waals surface area contributed by atoms with Crippen molar-refractivity contribution in [1.29, 1.82) is 0 Å². The van der Waals surface area contributed by atoms with Gasteiger partial charge in [0.2, 0.25) is 5.91 Å². The third-order valence-electron chi connectivity index (χ3n) is 4.41. The molecule has 1 heterocycles. The summed E-state index contributed by atoms with van der Waals surface area (Å²) in [6, 6.07) is 16.1. The van der Waals surface area contributed by atoms with Gasteiger partial charge in [-0.1, -0.05) is 12.1 Å². The van der Waals surface area contributed by atoms with Crippen LogP contribution in [-0.4, -0.2) is 29.7 Å². The monoisotopic (exact) mass is 393 g/mol. The topological polar surface area (TPSA) is 82.5 Å². The van der Waals surface area contributed by atoms with E-state index in [0.29, 0.717) is 23.8 Å². The van der Waals surface area contributed by atoms with Crippen LogP contribution in [0, 0.1) is 6.92 Å². The molecule has 150 valence electrons. The van der Waals surface area contributed by atoms with Crippen LogP contribution in [-0.2, 0) is 17.9 Å². The number of carbonyl (C=O) groups excluding carboxylic acids is 1. The van der Waals surface area contributed by atoms with Crippen LogP contribution in [0.5, 0.6) is 11.5 Å². The Bertz CT molecular complexity index is 1060. The molecule has 3 rings (SSSR count). The molecule has 7 nitrogen and oxygen atoms in total. The number of hydrogen-bond donors (Lipinski definition) is 1. The summed E-state index contributed by atoms with van der Waals surface area (Å²) >= 11 is 0. The van der Waals surface area contributed by atoms with Crippen molar-refractivity contribution in [3.05, 3.63) is 76.2 Å². The zero-order valence-corrected chi connectivity index (χ0v) is 16.6. The molecule has 0 atom stereocenters. The molecular weight excluding hydrogens is 370 g/mol. The van der Waals surface area contributed by atoms with Crippen LogP contribution in [0.4, 0.5) is 0 Å². The third kappa shape index (κ3) is 5.01. The van der Waals surface area contributed by atoms with Crippen molar-refractivity contribution in [3.8, 4) is 22.9 Å². The van der Waals surface area contributed by atoms with Crippen LogP contribution in [0.1, 0.15) is 11.3 Å². The van der Waals surface area contributed by atoms with Crippen molar-refractivity contribution in [2.75, 3.05) is 14.2 Å². The van der Waals surface area contributed by atoms with Crippen molar-refractivity contribution in [2.24, 2.45) is 0 Å². The Morgan fingerprint density at radius 2 is 1.76 bits per heavy atom. The van der Waals surface area contributed by atoms with E-state index >= 15 is 0 Å². The Labute approximate surface area is 168 Å². The predicted octanol–water partition coefficient (Wildman–Crippen LogP) is 2.55. The van der Waals surface area contributed by atoms with Crippen molar-refractivity contribution in [2.45, 2.75) is 20.0 Å². The summed E-state index contributed by atoms with van der Waals surface area (Å²) in [6.45, 7) is 1.96. The average Bonchev–Trinajstić information content (AvgIpc) is 2.74. The van der Waals surface area contributed by atoms with Gasteiger partial charge in [0, 0.05) is 23.9 Å². The number of amides is 1. The lowest BCUT2D eigenvalue weighted by atomic mass is 10.2. The van der Waals surface area contributed by atoms with E-state index in [1.54, 1.807) is 33.3 Å². The summed E-state index contributed by atoms with van der Waals surface area (Å²) in [7, 11) is 3.18. The molecule has 2 aromatic carbocycles. The van der Waals surface area contributed by atoms with Gasteiger partial charge in [0.1, 0.15) is 23.9 Å². The van der Waals surface area contributed by atoms with E-state index < -0.39 is 0 Å². The largest absolute Gasteiger partial charge is 0.497 e. The lowest BCUT2D eigenvalue weighted by Gasteiger charge is -2.13. The van der Waals surface area contributed by atoms with Gasteiger partial charge in [-0.05, 0) is 48.9 Å². The highest BCUT2D eigenvalue weighted by molar-refractivity contribution is 5.76. The number of hydrogen-bond acceptors (Lipinski definition) is 5. The van der Waals surface area contributed by atoms with Gasteiger partial charge in [0.15, 0.2) is 0 Å². The molecule has 0 spiro atoms. The normalized spacial score (nSPS) is 10.4. The molecule has 0 aliphatic rings. The van der Waals surface area contributed by atoms with Crippen LogP contribution in [0.25, 0.3) is 11.4 Å². The van der Waals surface area contributed by atoms with Gasteiger partial charge in [-0.25, -0.2) is 4.98 Å². The first-order valence-corrected chi connectivity index (χ1v) is 9.12. The second-order valence-electron chi connectivity index (χ2n) is 6.50. The second kappa shape index (κ2) is 9.05. The molecular formula is C22H23N3O4. The molecule has 7 heteroatoms. The second-order valence-corrected chi connectivity index (χ2v) is 6.50. The number of aromatic nitrogens is 2. The summed E-state index contributed by atoms with van der Waals surface area (Å²) in [5.41, 5.74) is 1.95. The maximum atomic E-state index is 12.6. The summed E-state index contributed by atoms with van der Waals surface area (Å²) in [5, 5.41) is 2.84. The van der Waals surface area contributed by atoms with Crippen LogP contribution in [0.15, 0.2) is 59.4 Å². The minimum Gasteiger partial charge on any atom is -0.497 e. The van der Waals surface area contributed by atoms with E-state index in [2.05, 4.69) is 10.3 Å². The maximum Gasteiger partial charge on any atom is 0.254 e. The fourth-order valence-electron chi connectivity index (χ4n) is 2.92. The SMILES string of the molecule is COc1ccc(-c2nc(C)cc(=O)n2CC(=O)NCc2cccc(OC)c2)cc1. The fourth-order valence-corrected chi connectivity index (χ4v) is 2.92. The Morgan fingerprint density at radius 3 is 2.45 bits per heavy atom. The van der Waals surface area contributed by atoms with Gasteiger partial charge in [0.05, 0.1) is 14.2 Å². The number of carbonyl (C=O) groups is 1. The van der Waals surface area contributed by atoms with E-state index in [4.69, 9.17) is 9.47 Å². The van der Waals surface area contributed by atoms with E-state index in [9.17, 15) is 9.59 Å². The van der Waals surface area contributed by atoms with Crippen molar-refractivity contribution >= 4 is 5.91 Å². The molecule has 0 aliphatic carbocycles. The van der Waals surface area contributed by atoms with Gasteiger partial charge in [0.25, 0.3) is 5.56 Å². The van der Waals surface area contributed by atoms with Gasteiger partial charge in [-0.2, -0.15) is 0 Å². The molecule has 0 aliphatic heterocycles. The van der Waals surface area contributed by atoms with Crippen LogP contribution < -0.4 is 20.3 Å². The van der Waals surface area contributed by atoms with E-state index in [0.717, 1.165) is 16.9 Å². The molecule has 0 radical (unpaired) electrons. The molecule has 0 saturated carbocycles. The standard InChI is InChI=1S/C22H23N3O4/c1-15-11-21(27)25(22(24-15)17-7-9-18(28-2)10-8-17)14-20(26)23-13-16-5-4-6-19(12-16)29-3/h4-12H,13-14H2,1-3H3,(H,23,26). The summed E-state index contributed by atoms with van der Waals surface area (Å²) in [6.07, 6.45) is 0. The number of nitrogens with one attached hydrogen (secondary N) is 1. The lowest BCUT2D eigenvalue weighted by molar-refractivity contribution is -0.121. The Kier molecular flexibility index (Phi) is 6.29. The van der Waals surface area contributed by atoms with Crippen LogP contribution in [0.3, 0.4) is 0 Å². The Balaban J connectivity index is 1.80. The van der Waals surface area contributed by atoms with Crippen LogP contribution >= 0.6 is 0 Å². The van der Waals surface area contributed by atoms with Gasteiger partial charge < -0.3 is 14.8 Å². The molecule has 1 N–H and O–H groups in total. The molecule has 0 fully saturated rings. The van der Waals surface area contributed by atoms with E-state index in [-0.39, 0.29) is 18.0 Å². The zero-order chi connectivity index (χ0) is 20.8. The van der Waals surface area contributed by atoms with Crippen molar-refractivity contribution < 1.29 is 14.3 Å². The number of ether oxygens (including phenoxy) is 2. The van der Waals surface area contributed by atoms with Gasteiger partial charge >= 0.3 is 0 Å². The first-order valence-electron chi connectivity index (χ1n) is 9.12. The highest BCUT2D eigenvalue weighted by atomic mass is 16.5. The highest BCUT2D eigenvalue weighted by Gasteiger charge is 2.13. The maximum absolute atomic E-state index is 12.6. The lowest BCUT2D eigenvalue weighted by Crippen LogP contribution is -2.33. The number of methoxy groups -OCH3 is 2. The number of rotatable bonds is 7. The van der Waals surface area contributed by atoms with Crippen molar-refractivity contribution in [1.82, 2.24) is 14.9 Å². The highest BCUT2D eigenvalue weighted by Crippen LogP contribution is 2.20. The molecule has 0 unspecified atom stereocenters. The molecule has 29 heavy (non-hydrogen) atoms. The van der Waals surface area contributed by atoms with E-state index in [1.807, 2.05) is 36.4 Å². The fraction of sp³-hybridized carbons (Fsp3) is 0.227. The molecule has 0 bridgehead atoms. The van der Waals surface area contributed by atoms with E-state index in [1.165, 1.54) is 10.6 Å². The Hall–Kier alpha value is -3.61. The quantitative estimate of drug-likeness (QED) is 0.667. The Morgan fingerprint density at radius 1 is 1.03 bits per heavy atom. The first-order chi connectivity index (χ1) is 14.0. The zero-order valence-electron chi connectivity index (χ0n) is 16.6. The third-order valence-corrected chi connectivity index (χ3v) is 4.41. The van der Waals surface area contributed by atoms with Gasteiger partial charge in [-0.3, -0.25) is 14.2 Å². The smallest absolute Gasteiger partial charge is 0.254 e. The number of aryl methyl sites for hydroxylation is 1. The first kappa shape index (κ1) is 20.1.